The normalized spacial score (nSPS) is 42.7. The molecule has 0 spiro atoms. The van der Waals surface area contributed by atoms with E-state index in [4.69, 9.17) is 18.8 Å². The standard InChI is InChI=1S/C14H25NO14S/c1-4(17)15-7-12(9(19)6(27-13(7)22)3-26-30(23,24)25)29-14-11(21)10(20)8(18)5(2-16)28-14/h5-14,16,18-22H,2-3H2,1H3,(H,15,17)(H,23,24,25). The molecule has 10 atom stereocenters. The molecule has 0 saturated carbocycles. The molecule has 16 heteroatoms. The van der Waals surface area contributed by atoms with E-state index in [9.17, 15) is 43.9 Å². The highest BCUT2D eigenvalue weighted by Crippen LogP contribution is 2.29. The minimum atomic E-state index is -4.91. The van der Waals surface area contributed by atoms with E-state index in [0.29, 0.717) is 0 Å². The highest BCUT2D eigenvalue weighted by molar-refractivity contribution is 7.80. The second-order valence-corrected chi connectivity index (χ2v) is 7.88. The molecule has 2 saturated heterocycles. The van der Waals surface area contributed by atoms with Gasteiger partial charge < -0.3 is 50.2 Å². The van der Waals surface area contributed by atoms with Crippen LogP contribution >= 0.6 is 0 Å². The third-order valence-corrected chi connectivity index (χ3v) is 5.02. The molecule has 2 aliphatic rings. The van der Waals surface area contributed by atoms with E-state index in [1.807, 2.05) is 0 Å². The van der Waals surface area contributed by atoms with Crippen LogP contribution in [0.2, 0.25) is 0 Å². The van der Waals surface area contributed by atoms with Gasteiger partial charge in [-0.1, -0.05) is 0 Å². The highest BCUT2D eigenvalue weighted by Gasteiger charge is 2.51. The highest BCUT2D eigenvalue weighted by atomic mass is 32.3. The van der Waals surface area contributed by atoms with Crippen molar-refractivity contribution in [3.8, 4) is 0 Å². The average molecular weight is 463 g/mol. The molecule has 2 aliphatic heterocycles. The Bertz CT molecular complexity index is 688. The molecule has 30 heavy (non-hydrogen) atoms. The molecule has 0 aromatic heterocycles. The molecular weight excluding hydrogens is 438 g/mol. The molecule has 0 aromatic carbocycles. The minimum absolute atomic E-state index is 0.676. The van der Waals surface area contributed by atoms with Crippen LogP contribution in [0, 0.1) is 0 Å². The number of hydrogen-bond acceptors (Lipinski definition) is 13. The van der Waals surface area contributed by atoms with Crippen molar-refractivity contribution in [2.24, 2.45) is 0 Å². The molecule has 10 unspecified atom stereocenters. The second-order valence-electron chi connectivity index (χ2n) is 6.79. The number of hydrogen-bond donors (Lipinski definition) is 8. The molecule has 15 nitrogen and oxygen atoms in total. The topological polar surface area (TPSA) is 242 Å². The van der Waals surface area contributed by atoms with Crippen LogP contribution < -0.4 is 5.32 Å². The third-order valence-electron chi connectivity index (χ3n) is 4.58. The van der Waals surface area contributed by atoms with Gasteiger partial charge in [0.25, 0.3) is 0 Å². The monoisotopic (exact) mass is 463 g/mol. The molecule has 0 aromatic rings. The number of amides is 1. The van der Waals surface area contributed by atoms with Crippen molar-refractivity contribution in [1.82, 2.24) is 5.32 Å². The predicted octanol–water partition coefficient (Wildman–Crippen LogP) is -5.43. The first kappa shape index (κ1) is 25.2. The van der Waals surface area contributed by atoms with Crippen LogP contribution in [0.4, 0.5) is 0 Å². The van der Waals surface area contributed by atoms with Crippen molar-refractivity contribution >= 4 is 16.3 Å². The number of rotatable bonds is 7. The molecule has 2 rings (SSSR count). The van der Waals surface area contributed by atoms with Gasteiger partial charge in [0.05, 0.1) is 13.2 Å². The minimum Gasteiger partial charge on any atom is -0.394 e. The maximum absolute atomic E-state index is 11.5. The Morgan fingerprint density at radius 3 is 2.17 bits per heavy atom. The molecule has 2 fully saturated rings. The number of aliphatic hydroxyl groups is 6. The second kappa shape index (κ2) is 10.1. The summed E-state index contributed by atoms with van der Waals surface area (Å²) in [6, 6.07) is -1.45. The van der Waals surface area contributed by atoms with Crippen LogP contribution in [0.15, 0.2) is 0 Å². The fourth-order valence-electron chi connectivity index (χ4n) is 3.11. The van der Waals surface area contributed by atoms with E-state index in [1.54, 1.807) is 0 Å². The van der Waals surface area contributed by atoms with Crippen LogP contribution in [-0.4, -0.2) is 124 Å². The largest absolute Gasteiger partial charge is 0.397 e. The lowest BCUT2D eigenvalue weighted by Crippen LogP contribution is -2.67. The smallest absolute Gasteiger partial charge is 0.394 e. The summed E-state index contributed by atoms with van der Waals surface area (Å²) in [6.45, 7) is -0.625. The first-order valence-electron chi connectivity index (χ1n) is 8.72. The zero-order valence-corrected chi connectivity index (χ0v) is 16.4. The first-order chi connectivity index (χ1) is 13.9. The Hall–Kier alpha value is -1.02. The van der Waals surface area contributed by atoms with E-state index in [1.165, 1.54) is 0 Å². The van der Waals surface area contributed by atoms with Gasteiger partial charge in [-0.15, -0.1) is 0 Å². The number of nitrogens with one attached hydrogen (secondary N) is 1. The lowest BCUT2D eigenvalue weighted by molar-refractivity contribution is -0.341. The molecule has 0 radical (unpaired) electrons. The zero-order valence-electron chi connectivity index (χ0n) is 15.6. The van der Waals surface area contributed by atoms with Crippen molar-refractivity contribution in [3.05, 3.63) is 0 Å². The van der Waals surface area contributed by atoms with Gasteiger partial charge in [-0.3, -0.25) is 9.35 Å². The quantitative estimate of drug-likeness (QED) is 0.164. The van der Waals surface area contributed by atoms with E-state index in [2.05, 4.69) is 9.50 Å². The van der Waals surface area contributed by atoms with E-state index in [0.717, 1.165) is 6.92 Å². The van der Waals surface area contributed by atoms with Gasteiger partial charge in [0.2, 0.25) is 5.91 Å². The maximum atomic E-state index is 11.5. The van der Waals surface area contributed by atoms with Gasteiger partial charge in [-0.25, -0.2) is 4.18 Å². The summed E-state index contributed by atoms with van der Waals surface area (Å²) in [5.41, 5.74) is 0. The fourth-order valence-corrected chi connectivity index (χ4v) is 3.42. The van der Waals surface area contributed by atoms with Gasteiger partial charge in [-0.2, -0.15) is 8.42 Å². The lowest BCUT2D eigenvalue weighted by atomic mass is 9.95. The van der Waals surface area contributed by atoms with Crippen molar-refractivity contribution in [2.45, 2.75) is 68.3 Å². The summed E-state index contributed by atoms with van der Waals surface area (Å²) < 4.78 is 50.0. The molecule has 0 aliphatic carbocycles. The van der Waals surface area contributed by atoms with Gasteiger partial charge >= 0.3 is 10.4 Å². The number of ether oxygens (including phenoxy) is 3. The van der Waals surface area contributed by atoms with Crippen LogP contribution in [0.5, 0.6) is 0 Å². The van der Waals surface area contributed by atoms with Gasteiger partial charge in [0, 0.05) is 6.92 Å². The van der Waals surface area contributed by atoms with Crippen molar-refractivity contribution in [1.29, 1.82) is 0 Å². The molecule has 2 heterocycles. The predicted molar refractivity (Wildman–Crippen MR) is 90.6 cm³/mol. The maximum Gasteiger partial charge on any atom is 0.397 e. The Morgan fingerprint density at radius 1 is 1.00 bits per heavy atom. The summed E-state index contributed by atoms with van der Waals surface area (Å²) in [6.07, 6.45) is -15.3. The van der Waals surface area contributed by atoms with Crippen molar-refractivity contribution in [2.75, 3.05) is 13.2 Å². The molecule has 8 N–H and O–H groups in total. The van der Waals surface area contributed by atoms with Gasteiger partial charge in [0.1, 0.15) is 48.8 Å². The van der Waals surface area contributed by atoms with Crippen LogP contribution in [-0.2, 0) is 33.6 Å². The van der Waals surface area contributed by atoms with E-state index in [-0.39, 0.29) is 0 Å². The molecular formula is C14H25NO14S. The van der Waals surface area contributed by atoms with E-state index >= 15 is 0 Å². The summed E-state index contributed by atoms with van der Waals surface area (Å²) in [4.78, 5) is 11.5. The third kappa shape index (κ3) is 6.02. The van der Waals surface area contributed by atoms with Gasteiger partial charge in [-0.05, 0) is 0 Å². The molecule has 1 amide bonds. The average Bonchev–Trinajstić information content (AvgIpc) is 2.65. The Balaban J connectivity index is 2.24. The Kier molecular flexibility index (Phi) is 8.47. The number of aliphatic hydroxyl groups excluding tert-OH is 6. The van der Waals surface area contributed by atoms with E-state index < -0.39 is 90.9 Å². The summed E-state index contributed by atoms with van der Waals surface area (Å²) in [5, 5.41) is 62.0. The Morgan fingerprint density at radius 2 is 1.63 bits per heavy atom. The van der Waals surface area contributed by atoms with Crippen LogP contribution in [0.25, 0.3) is 0 Å². The van der Waals surface area contributed by atoms with Crippen molar-refractivity contribution < 1.29 is 66.8 Å². The van der Waals surface area contributed by atoms with Crippen LogP contribution in [0.1, 0.15) is 6.92 Å². The fraction of sp³-hybridized carbons (Fsp3) is 0.929. The Labute approximate surface area is 170 Å². The lowest BCUT2D eigenvalue weighted by Gasteiger charge is -2.46. The number of carbonyl (C=O) groups excluding carboxylic acids is 1. The zero-order chi connectivity index (χ0) is 22.8. The summed E-state index contributed by atoms with van der Waals surface area (Å²) >= 11 is 0. The molecule has 0 bridgehead atoms. The summed E-state index contributed by atoms with van der Waals surface area (Å²) in [7, 11) is -4.91. The van der Waals surface area contributed by atoms with Crippen LogP contribution in [0.3, 0.4) is 0 Å². The van der Waals surface area contributed by atoms with Crippen molar-refractivity contribution in [3.63, 3.8) is 0 Å². The van der Waals surface area contributed by atoms with Gasteiger partial charge in [0.15, 0.2) is 12.6 Å². The first-order valence-corrected chi connectivity index (χ1v) is 10.1. The SMILES string of the molecule is CC(=O)NC1C(O)OC(COS(=O)(=O)O)C(O)C1OC1OC(CO)C(O)C(O)C1O. The molecule has 176 valence electrons. The number of carbonyl (C=O) groups is 1. The summed E-state index contributed by atoms with van der Waals surface area (Å²) in [5.74, 6) is -0.676.